The van der Waals surface area contributed by atoms with Crippen LogP contribution in [-0.2, 0) is 65.4 Å². The highest BCUT2D eigenvalue weighted by Gasteiger charge is 2.30. The Bertz CT molecular complexity index is 1960. The predicted octanol–water partition coefficient (Wildman–Crippen LogP) is 22.1. The summed E-state index contributed by atoms with van der Waals surface area (Å²) in [6, 6.07) is 0. The van der Waals surface area contributed by atoms with Crippen molar-refractivity contribution < 1.29 is 80.2 Å². The lowest BCUT2D eigenvalue weighted by atomic mass is 10.0. The van der Waals surface area contributed by atoms with E-state index in [-0.39, 0.29) is 25.7 Å². The zero-order chi connectivity index (χ0) is 70.9. The fourth-order valence-corrected chi connectivity index (χ4v) is 12.8. The van der Waals surface area contributed by atoms with Crippen molar-refractivity contribution in [2.24, 2.45) is 17.8 Å². The monoisotopic (exact) mass is 1410 g/mol. The molecule has 0 aliphatic rings. The van der Waals surface area contributed by atoms with Gasteiger partial charge in [0.05, 0.1) is 26.4 Å². The number of phosphoric acid groups is 2. The third-order valence-electron chi connectivity index (χ3n) is 17.3. The van der Waals surface area contributed by atoms with Gasteiger partial charge in [-0.05, 0) is 69.1 Å². The molecule has 0 saturated heterocycles. The normalized spacial score (nSPS) is 14.2. The summed E-state index contributed by atoms with van der Waals surface area (Å²) in [4.78, 5) is 72.8. The molecule has 3 unspecified atom stereocenters. The second kappa shape index (κ2) is 67.1. The van der Waals surface area contributed by atoms with Gasteiger partial charge in [-0.1, -0.05) is 317 Å². The van der Waals surface area contributed by atoms with Gasteiger partial charge in [-0.15, -0.1) is 0 Å². The molecule has 0 amide bonds. The SMILES string of the molecule is CCCCCC/C=C\C=C/CCCCCCCC(=O)OC[C@H](COP(=O)(O)OCC(O)COP(=O)(O)OC[C@@H](COC(=O)CCCCCCCCCC(C)C)OC(=O)CCCCCCCCCCCCCCCCC(C)C)OC(=O)CCCCCCCCCCCCCC(C)C. The van der Waals surface area contributed by atoms with Gasteiger partial charge in [0.2, 0.25) is 0 Å². The van der Waals surface area contributed by atoms with E-state index in [1.807, 2.05) is 0 Å². The average molecular weight is 1410 g/mol. The van der Waals surface area contributed by atoms with Gasteiger partial charge in [-0.2, -0.15) is 0 Å². The van der Waals surface area contributed by atoms with E-state index >= 15 is 0 Å². The van der Waals surface area contributed by atoms with Gasteiger partial charge in [-0.25, -0.2) is 9.13 Å². The van der Waals surface area contributed by atoms with E-state index in [9.17, 15) is 43.2 Å². The molecule has 0 aliphatic carbocycles. The lowest BCUT2D eigenvalue weighted by Crippen LogP contribution is -2.30. The molecule has 0 spiro atoms. The number of hydrogen-bond donors (Lipinski definition) is 3. The van der Waals surface area contributed by atoms with E-state index in [0.29, 0.717) is 31.6 Å². The number of aliphatic hydroxyl groups excluding tert-OH is 1. The summed E-state index contributed by atoms with van der Waals surface area (Å²) in [6.07, 6.45) is 56.3. The summed E-state index contributed by atoms with van der Waals surface area (Å²) in [5.74, 6) is 0.112. The molecule has 0 rings (SSSR count). The van der Waals surface area contributed by atoms with Crippen molar-refractivity contribution in [3.05, 3.63) is 24.3 Å². The Morgan fingerprint density at radius 1 is 0.323 bits per heavy atom. The number of esters is 4. The molecule has 17 nitrogen and oxygen atoms in total. The maximum Gasteiger partial charge on any atom is 0.472 e. The number of carbonyl (C=O) groups excluding carboxylic acids is 4. The molecule has 3 N–H and O–H groups in total. The fraction of sp³-hybridized carbons (Fsp3) is 0.896. The van der Waals surface area contributed by atoms with Crippen molar-refractivity contribution in [2.75, 3.05) is 39.6 Å². The zero-order valence-corrected chi connectivity index (χ0v) is 64.1. The topological polar surface area (TPSA) is 237 Å². The van der Waals surface area contributed by atoms with Gasteiger partial charge in [-0.3, -0.25) is 37.3 Å². The number of hydrogen-bond acceptors (Lipinski definition) is 15. The van der Waals surface area contributed by atoms with E-state index in [2.05, 4.69) is 72.8 Å². The van der Waals surface area contributed by atoms with E-state index in [4.69, 9.17) is 37.0 Å². The highest BCUT2D eigenvalue weighted by atomic mass is 31.2. The maximum absolute atomic E-state index is 13.1. The van der Waals surface area contributed by atoms with Crippen LogP contribution in [0.2, 0.25) is 0 Å². The quantitative estimate of drug-likeness (QED) is 0.0169. The smallest absolute Gasteiger partial charge is 0.462 e. The Hall–Kier alpha value is -2.46. The van der Waals surface area contributed by atoms with Crippen molar-refractivity contribution >= 4 is 39.5 Å². The number of phosphoric ester groups is 2. The van der Waals surface area contributed by atoms with Crippen LogP contribution in [0.25, 0.3) is 0 Å². The van der Waals surface area contributed by atoms with Crippen molar-refractivity contribution in [2.45, 2.75) is 388 Å². The molecular weight excluding hydrogens is 1260 g/mol. The predicted molar refractivity (Wildman–Crippen MR) is 390 cm³/mol. The van der Waals surface area contributed by atoms with E-state index < -0.39 is 97.5 Å². The lowest BCUT2D eigenvalue weighted by molar-refractivity contribution is -0.161. The van der Waals surface area contributed by atoms with Gasteiger partial charge < -0.3 is 33.8 Å². The van der Waals surface area contributed by atoms with E-state index in [1.165, 1.54) is 154 Å². The van der Waals surface area contributed by atoms with E-state index in [0.717, 1.165) is 127 Å². The molecule has 0 aromatic carbocycles. The van der Waals surface area contributed by atoms with Crippen molar-refractivity contribution in [3.8, 4) is 0 Å². The van der Waals surface area contributed by atoms with E-state index in [1.54, 1.807) is 0 Å². The first kappa shape index (κ1) is 93.5. The minimum absolute atomic E-state index is 0.0992. The molecule has 0 aliphatic heterocycles. The average Bonchev–Trinajstić information content (AvgIpc) is 2.82. The second-order valence-corrected chi connectivity index (χ2v) is 31.4. The second-order valence-electron chi connectivity index (χ2n) is 28.5. The van der Waals surface area contributed by atoms with Crippen LogP contribution in [0.15, 0.2) is 24.3 Å². The number of allylic oxidation sites excluding steroid dienone is 4. The standard InChI is InChI=1S/C77H146O17P2/c1-8-9-10-11-12-13-14-15-16-20-25-30-37-44-51-58-74(79)87-64-72(93-77(82)61-54-47-39-32-27-22-24-29-35-42-49-56-69(4)5)66-91-95(83,84)89-62-71(78)63-90-96(85,86)92-67-73(65-88-75(80)59-52-45-40-33-36-43-50-57-70(6)7)94-76(81)60-53-46-38-31-26-21-18-17-19-23-28-34-41-48-55-68(2)3/h13-16,68-73,78H,8-12,17-67H2,1-7H3,(H,83,84)(H,85,86)/b14-13-,16-15-/t71?,72-,73-/m1/s1. The first-order valence-corrected chi connectivity index (χ1v) is 42.2. The number of carbonyl (C=O) groups is 4. The van der Waals surface area contributed by atoms with Gasteiger partial charge in [0.15, 0.2) is 12.2 Å². The third-order valence-corrected chi connectivity index (χ3v) is 19.2. The van der Waals surface area contributed by atoms with Gasteiger partial charge >= 0.3 is 39.5 Å². The highest BCUT2D eigenvalue weighted by molar-refractivity contribution is 7.47. The molecule has 0 aromatic rings. The zero-order valence-electron chi connectivity index (χ0n) is 62.3. The van der Waals surface area contributed by atoms with Crippen LogP contribution in [0.4, 0.5) is 0 Å². The van der Waals surface area contributed by atoms with Crippen LogP contribution >= 0.6 is 15.6 Å². The summed E-state index contributed by atoms with van der Waals surface area (Å²) in [5, 5.41) is 10.6. The largest absolute Gasteiger partial charge is 0.472 e. The summed E-state index contributed by atoms with van der Waals surface area (Å²) in [5.41, 5.74) is 0. The third kappa shape index (κ3) is 70.0. The van der Waals surface area contributed by atoms with Gasteiger partial charge in [0, 0.05) is 25.7 Å². The molecule has 0 heterocycles. The summed E-state index contributed by atoms with van der Waals surface area (Å²) >= 11 is 0. The fourth-order valence-electron chi connectivity index (χ4n) is 11.2. The van der Waals surface area contributed by atoms with Crippen LogP contribution in [0.3, 0.4) is 0 Å². The summed E-state index contributed by atoms with van der Waals surface area (Å²) < 4.78 is 68.5. The first-order chi connectivity index (χ1) is 46.2. The lowest BCUT2D eigenvalue weighted by Gasteiger charge is -2.21. The van der Waals surface area contributed by atoms with Crippen LogP contribution in [0, 0.1) is 17.8 Å². The Morgan fingerprint density at radius 3 is 0.844 bits per heavy atom. The molecule has 96 heavy (non-hydrogen) atoms. The molecule has 566 valence electrons. The Kier molecular flexibility index (Phi) is 65.3. The van der Waals surface area contributed by atoms with Crippen LogP contribution in [0.1, 0.15) is 370 Å². The Morgan fingerprint density at radius 2 is 0.562 bits per heavy atom. The molecule has 0 fully saturated rings. The Balaban J connectivity index is 5.28. The minimum Gasteiger partial charge on any atom is -0.462 e. The highest BCUT2D eigenvalue weighted by Crippen LogP contribution is 2.45. The van der Waals surface area contributed by atoms with Crippen LogP contribution in [0.5, 0.6) is 0 Å². The molecule has 0 saturated carbocycles. The van der Waals surface area contributed by atoms with Crippen molar-refractivity contribution in [3.63, 3.8) is 0 Å². The molecule has 19 heteroatoms. The van der Waals surface area contributed by atoms with Crippen molar-refractivity contribution in [1.82, 2.24) is 0 Å². The number of ether oxygens (including phenoxy) is 4. The molecule has 0 bridgehead atoms. The number of unbranched alkanes of at least 4 members (excludes halogenated alkanes) is 38. The molecule has 0 aromatic heterocycles. The number of rotatable bonds is 73. The summed E-state index contributed by atoms with van der Waals surface area (Å²) in [6.45, 7) is 11.8. The summed E-state index contributed by atoms with van der Waals surface area (Å²) in [7, 11) is -9.93. The molecule has 5 atom stereocenters. The Labute approximate surface area is 586 Å². The van der Waals surface area contributed by atoms with Crippen LogP contribution in [-0.4, -0.2) is 96.7 Å². The van der Waals surface area contributed by atoms with Crippen molar-refractivity contribution in [1.29, 1.82) is 0 Å². The molecule has 0 radical (unpaired) electrons. The maximum atomic E-state index is 13.1. The first-order valence-electron chi connectivity index (χ1n) is 39.2. The van der Waals surface area contributed by atoms with Crippen LogP contribution < -0.4 is 0 Å². The number of aliphatic hydroxyl groups is 1. The van der Waals surface area contributed by atoms with Gasteiger partial charge in [0.25, 0.3) is 0 Å². The minimum atomic E-state index is -4.96. The molecular formula is C77H146O17P2. The van der Waals surface area contributed by atoms with Gasteiger partial charge in [0.1, 0.15) is 19.3 Å².